The lowest BCUT2D eigenvalue weighted by Gasteiger charge is -2.04. The van der Waals surface area contributed by atoms with E-state index >= 15 is 0 Å². The van der Waals surface area contributed by atoms with Crippen LogP contribution in [-0.2, 0) is 17.9 Å². The topological polar surface area (TPSA) is 64.7 Å². The van der Waals surface area contributed by atoms with Crippen molar-refractivity contribution in [3.05, 3.63) is 63.8 Å². The van der Waals surface area contributed by atoms with Crippen LogP contribution in [0.25, 0.3) is 0 Å². The largest absolute Gasteiger partial charge is 0.308 e. The molecule has 3 aromatic rings. The summed E-state index contributed by atoms with van der Waals surface area (Å²) in [4.78, 5) is 12.1. The van der Waals surface area contributed by atoms with Crippen LogP contribution in [-0.4, -0.2) is 25.5 Å². The second-order valence-corrected chi connectivity index (χ2v) is 6.59. The van der Waals surface area contributed by atoms with Crippen molar-refractivity contribution >= 4 is 34.9 Å². The third kappa shape index (κ3) is 4.62. The highest BCUT2D eigenvalue weighted by molar-refractivity contribution is 6.33. The monoisotopic (exact) mass is 395 g/mol. The van der Waals surface area contributed by atoms with Crippen LogP contribution in [0.4, 0.5) is 10.2 Å². The number of halogens is 3. The average Bonchev–Trinajstić information content (AvgIpc) is 3.10. The zero-order valence-electron chi connectivity index (χ0n) is 13.9. The maximum absolute atomic E-state index is 13.0. The molecular formula is C17H16Cl2FN5O. The first-order chi connectivity index (χ1) is 12.4. The highest BCUT2D eigenvalue weighted by Gasteiger charge is 2.12. The smallest absolute Gasteiger partial charge is 0.227 e. The van der Waals surface area contributed by atoms with Crippen molar-refractivity contribution in [1.29, 1.82) is 0 Å². The zero-order valence-corrected chi connectivity index (χ0v) is 15.4. The summed E-state index contributed by atoms with van der Waals surface area (Å²) in [6.07, 6.45) is 3.49. The first-order valence-electron chi connectivity index (χ1n) is 7.87. The van der Waals surface area contributed by atoms with Gasteiger partial charge in [-0.25, -0.2) is 4.39 Å². The van der Waals surface area contributed by atoms with Gasteiger partial charge in [0.15, 0.2) is 5.82 Å². The Bertz CT molecular complexity index is 900. The lowest BCUT2D eigenvalue weighted by Crippen LogP contribution is -2.15. The van der Waals surface area contributed by atoms with Crippen molar-refractivity contribution in [3.8, 4) is 0 Å². The molecule has 1 aromatic carbocycles. The number of hydrogen-bond donors (Lipinski definition) is 1. The van der Waals surface area contributed by atoms with Gasteiger partial charge in [0.25, 0.3) is 0 Å². The maximum Gasteiger partial charge on any atom is 0.227 e. The minimum atomic E-state index is -0.297. The molecule has 0 aliphatic heterocycles. The summed E-state index contributed by atoms with van der Waals surface area (Å²) in [7, 11) is 0. The summed E-state index contributed by atoms with van der Waals surface area (Å²) in [5.41, 5.74) is 1.59. The first-order valence-corrected chi connectivity index (χ1v) is 8.63. The number of nitrogens with one attached hydrogen (secondary N) is 1. The van der Waals surface area contributed by atoms with Gasteiger partial charge >= 0.3 is 0 Å². The van der Waals surface area contributed by atoms with E-state index < -0.39 is 0 Å². The van der Waals surface area contributed by atoms with Gasteiger partial charge in [-0.15, -0.1) is 0 Å². The van der Waals surface area contributed by atoms with Crippen LogP contribution in [0.5, 0.6) is 0 Å². The fourth-order valence-corrected chi connectivity index (χ4v) is 2.71. The second-order valence-electron chi connectivity index (χ2n) is 5.77. The van der Waals surface area contributed by atoms with Gasteiger partial charge in [0, 0.05) is 25.4 Å². The van der Waals surface area contributed by atoms with Crippen LogP contribution < -0.4 is 5.32 Å². The van der Waals surface area contributed by atoms with E-state index in [1.165, 1.54) is 12.1 Å². The normalized spacial score (nSPS) is 10.9. The van der Waals surface area contributed by atoms with Crippen LogP contribution in [0.15, 0.2) is 36.7 Å². The Balaban J connectivity index is 1.58. The number of amides is 1. The number of carbonyl (C=O) groups is 1. The van der Waals surface area contributed by atoms with Crippen molar-refractivity contribution in [2.45, 2.75) is 26.4 Å². The molecule has 0 bridgehead atoms. The molecule has 9 heteroatoms. The van der Waals surface area contributed by atoms with Crippen molar-refractivity contribution in [2.24, 2.45) is 0 Å². The number of carbonyl (C=O) groups excluding carboxylic acids is 1. The van der Waals surface area contributed by atoms with Crippen LogP contribution in [0, 0.1) is 12.7 Å². The van der Waals surface area contributed by atoms with Crippen molar-refractivity contribution in [2.75, 3.05) is 5.32 Å². The lowest BCUT2D eigenvalue weighted by atomic mass is 10.2. The Morgan fingerprint density at radius 3 is 2.46 bits per heavy atom. The predicted molar refractivity (Wildman–Crippen MR) is 98.0 cm³/mol. The predicted octanol–water partition coefficient (Wildman–Crippen LogP) is 3.91. The highest BCUT2D eigenvalue weighted by atomic mass is 35.5. The summed E-state index contributed by atoms with van der Waals surface area (Å²) in [5.74, 6) is -0.245. The molecule has 0 aliphatic rings. The molecule has 2 aromatic heterocycles. The van der Waals surface area contributed by atoms with Gasteiger partial charge in [-0.1, -0.05) is 35.3 Å². The summed E-state index contributed by atoms with van der Waals surface area (Å²) in [6, 6.07) is 6.10. The van der Waals surface area contributed by atoms with Gasteiger partial charge in [-0.2, -0.15) is 10.2 Å². The molecule has 26 heavy (non-hydrogen) atoms. The molecule has 0 saturated carbocycles. The average molecular weight is 396 g/mol. The van der Waals surface area contributed by atoms with E-state index in [2.05, 4.69) is 15.5 Å². The van der Waals surface area contributed by atoms with Crippen LogP contribution >= 0.6 is 23.2 Å². The molecule has 3 rings (SSSR count). The van der Waals surface area contributed by atoms with Gasteiger partial charge in [0.2, 0.25) is 5.91 Å². The van der Waals surface area contributed by atoms with Gasteiger partial charge in [-0.05, 0) is 24.6 Å². The Kier molecular flexibility index (Phi) is 5.58. The maximum atomic E-state index is 13.0. The first kappa shape index (κ1) is 18.4. The van der Waals surface area contributed by atoms with Gasteiger partial charge < -0.3 is 5.32 Å². The number of anilines is 1. The highest BCUT2D eigenvalue weighted by Crippen LogP contribution is 2.20. The van der Waals surface area contributed by atoms with E-state index in [0.717, 1.165) is 11.3 Å². The molecule has 0 aliphatic carbocycles. The minimum absolute atomic E-state index is 0.207. The molecule has 6 nitrogen and oxygen atoms in total. The van der Waals surface area contributed by atoms with Crippen molar-refractivity contribution < 1.29 is 9.18 Å². The number of aryl methyl sites for hydroxylation is 2. The van der Waals surface area contributed by atoms with Gasteiger partial charge in [0.1, 0.15) is 10.8 Å². The lowest BCUT2D eigenvalue weighted by molar-refractivity contribution is -0.116. The Hall–Kier alpha value is -2.38. The number of benzene rings is 1. The number of rotatable bonds is 6. The standard InChI is InChI=1S/C17H16Cl2FN5O/c1-11-14(18)9-24(22-11)7-6-16(26)21-17-15(19)10-25(23-17)8-12-2-4-13(20)5-3-12/h2-5,9-10H,6-8H2,1H3,(H,21,23,26). The Labute approximate surface area is 159 Å². The van der Waals surface area contributed by atoms with Crippen LogP contribution in [0.3, 0.4) is 0 Å². The molecule has 136 valence electrons. The molecule has 0 fully saturated rings. The summed E-state index contributed by atoms with van der Waals surface area (Å²) in [6.45, 7) is 2.61. The summed E-state index contributed by atoms with van der Waals surface area (Å²) >= 11 is 12.1. The van der Waals surface area contributed by atoms with E-state index in [1.807, 2.05) is 0 Å². The van der Waals surface area contributed by atoms with E-state index in [1.54, 1.807) is 40.8 Å². The second kappa shape index (κ2) is 7.88. The van der Waals surface area contributed by atoms with Crippen molar-refractivity contribution in [3.63, 3.8) is 0 Å². The van der Waals surface area contributed by atoms with Gasteiger partial charge in [-0.3, -0.25) is 14.2 Å². The fraction of sp³-hybridized carbons (Fsp3) is 0.235. The zero-order chi connectivity index (χ0) is 18.7. The minimum Gasteiger partial charge on any atom is -0.308 e. The fourth-order valence-electron chi connectivity index (χ4n) is 2.36. The Morgan fingerprint density at radius 2 is 1.81 bits per heavy atom. The molecule has 0 saturated heterocycles. The summed E-state index contributed by atoms with van der Waals surface area (Å²) in [5, 5.41) is 12.0. The molecule has 0 unspecified atom stereocenters. The van der Waals surface area contributed by atoms with Crippen molar-refractivity contribution in [1.82, 2.24) is 19.6 Å². The van der Waals surface area contributed by atoms with Crippen LogP contribution in [0.2, 0.25) is 10.0 Å². The van der Waals surface area contributed by atoms with Gasteiger partial charge in [0.05, 0.1) is 17.3 Å². The number of nitrogens with zero attached hydrogens (tertiary/aromatic N) is 4. The Morgan fingerprint density at radius 1 is 1.12 bits per heavy atom. The number of aromatic nitrogens is 4. The molecule has 0 atom stereocenters. The molecule has 0 radical (unpaired) electrons. The SMILES string of the molecule is Cc1nn(CCC(=O)Nc2nn(Cc3ccc(F)cc3)cc2Cl)cc1Cl. The molecule has 1 amide bonds. The quantitative estimate of drug-likeness (QED) is 0.687. The molecule has 0 spiro atoms. The third-order valence-electron chi connectivity index (χ3n) is 3.69. The van der Waals surface area contributed by atoms with E-state index in [-0.39, 0.29) is 24.0 Å². The van der Waals surface area contributed by atoms with E-state index in [4.69, 9.17) is 23.2 Å². The number of hydrogen-bond acceptors (Lipinski definition) is 3. The summed E-state index contributed by atoms with van der Waals surface area (Å²) < 4.78 is 16.2. The van der Waals surface area contributed by atoms with E-state index in [9.17, 15) is 9.18 Å². The third-order valence-corrected chi connectivity index (χ3v) is 4.33. The molecule has 2 heterocycles. The molecular weight excluding hydrogens is 380 g/mol. The van der Waals surface area contributed by atoms with Crippen LogP contribution in [0.1, 0.15) is 17.7 Å². The molecule has 1 N–H and O–H groups in total. The van der Waals surface area contributed by atoms with E-state index in [0.29, 0.717) is 23.1 Å².